The molecule has 0 bridgehead atoms. The van der Waals surface area contributed by atoms with Gasteiger partial charge in [-0.1, -0.05) is 11.6 Å². The fourth-order valence-electron chi connectivity index (χ4n) is 2.27. The van der Waals surface area contributed by atoms with Crippen LogP contribution in [0, 0.1) is 5.92 Å². The molecule has 5 heteroatoms. The number of nitrogens with one attached hydrogen (secondary N) is 2. The predicted octanol–water partition coefficient (Wildman–Crippen LogP) is 2.54. The molecule has 0 aromatic heterocycles. The summed E-state index contributed by atoms with van der Waals surface area (Å²) in [7, 11) is 1.79. The summed E-state index contributed by atoms with van der Waals surface area (Å²) < 4.78 is 5.34. The molecule has 2 unspecified atom stereocenters. The Bertz CT molecular complexity index is 459. The van der Waals surface area contributed by atoms with E-state index in [2.05, 4.69) is 10.6 Å². The first-order chi connectivity index (χ1) is 9.11. The van der Waals surface area contributed by atoms with E-state index in [9.17, 15) is 4.79 Å². The Labute approximate surface area is 118 Å². The van der Waals surface area contributed by atoms with Crippen LogP contribution in [0.4, 0.5) is 5.69 Å². The second-order valence-electron chi connectivity index (χ2n) is 4.83. The summed E-state index contributed by atoms with van der Waals surface area (Å²) >= 11 is 5.95. The zero-order chi connectivity index (χ0) is 13.8. The van der Waals surface area contributed by atoms with Gasteiger partial charge in [-0.2, -0.15) is 0 Å². The van der Waals surface area contributed by atoms with Crippen LogP contribution in [0.3, 0.4) is 0 Å². The third kappa shape index (κ3) is 3.39. The fourth-order valence-corrected chi connectivity index (χ4v) is 2.44. The molecule has 1 heterocycles. The number of anilines is 1. The van der Waals surface area contributed by atoms with Crippen LogP contribution in [0.5, 0.6) is 0 Å². The highest BCUT2D eigenvalue weighted by Crippen LogP contribution is 2.21. The normalized spacial score (nSPS) is 20.1. The van der Waals surface area contributed by atoms with Crippen LogP contribution < -0.4 is 10.6 Å². The van der Waals surface area contributed by atoms with Gasteiger partial charge in [-0.3, -0.25) is 4.79 Å². The van der Waals surface area contributed by atoms with Gasteiger partial charge in [0.25, 0.3) is 5.91 Å². The Morgan fingerprint density at radius 1 is 1.53 bits per heavy atom. The Morgan fingerprint density at radius 3 is 2.95 bits per heavy atom. The maximum atomic E-state index is 12.3. The molecule has 104 valence electrons. The molecule has 2 N–H and O–H groups in total. The van der Waals surface area contributed by atoms with Gasteiger partial charge in [-0.15, -0.1) is 0 Å². The van der Waals surface area contributed by atoms with Crippen LogP contribution in [0.15, 0.2) is 18.2 Å². The maximum Gasteiger partial charge on any atom is 0.253 e. The van der Waals surface area contributed by atoms with E-state index in [1.807, 2.05) is 6.92 Å². The highest BCUT2D eigenvalue weighted by atomic mass is 35.5. The number of benzene rings is 1. The first kappa shape index (κ1) is 14.2. The highest BCUT2D eigenvalue weighted by Gasteiger charge is 2.24. The first-order valence-electron chi connectivity index (χ1n) is 6.47. The smallest absolute Gasteiger partial charge is 0.253 e. The molecular formula is C14H19ClN2O2. The summed E-state index contributed by atoms with van der Waals surface area (Å²) in [4.78, 5) is 12.3. The number of ether oxygens (including phenoxy) is 1. The van der Waals surface area contributed by atoms with Crippen LogP contribution in [-0.2, 0) is 4.74 Å². The first-order valence-corrected chi connectivity index (χ1v) is 6.85. The molecule has 1 amide bonds. The molecule has 1 aliphatic rings. The average molecular weight is 283 g/mol. The Kier molecular flexibility index (Phi) is 4.66. The van der Waals surface area contributed by atoms with Crippen molar-refractivity contribution in [3.05, 3.63) is 28.8 Å². The minimum Gasteiger partial charge on any atom is -0.387 e. The van der Waals surface area contributed by atoms with Crippen LogP contribution >= 0.6 is 11.6 Å². The molecule has 1 aromatic carbocycles. The van der Waals surface area contributed by atoms with Crippen molar-refractivity contribution < 1.29 is 9.53 Å². The van der Waals surface area contributed by atoms with Crippen LogP contribution in [0.25, 0.3) is 0 Å². The quantitative estimate of drug-likeness (QED) is 0.892. The fraction of sp³-hybridized carbons (Fsp3) is 0.500. The molecule has 2 rings (SSSR count). The molecule has 0 spiro atoms. The number of halogens is 1. The Balaban J connectivity index is 2.08. The highest BCUT2D eigenvalue weighted by molar-refractivity contribution is 6.31. The Hall–Kier alpha value is -1.26. The van der Waals surface area contributed by atoms with Crippen molar-refractivity contribution in [2.24, 2.45) is 5.92 Å². The lowest BCUT2D eigenvalue weighted by Crippen LogP contribution is -2.38. The van der Waals surface area contributed by atoms with Gasteiger partial charge >= 0.3 is 0 Å². The number of carbonyl (C=O) groups excluding carboxylic acids is 1. The van der Waals surface area contributed by atoms with E-state index in [4.69, 9.17) is 16.3 Å². The minimum absolute atomic E-state index is 0.0960. The molecule has 1 saturated heterocycles. The van der Waals surface area contributed by atoms with E-state index < -0.39 is 0 Å². The minimum atomic E-state index is -0.105. The largest absolute Gasteiger partial charge is 0.387 e. The summed E-state index contributed by atoms with van der Waals surface area (Å²) in [6, 6.07) is 5.35. The second-order valence-corrected chi connectivity index (χ2v) is 5.26. The third-order valence-electron chi connectivity index (χ3n) is 3.53. The molecule has 1 fully saturated rings. The van der Waals surface area contributed by atoms with Gasteiger partial charge in [0.15, 0.2) is 0 Å². The van der Waals surface area contributed by atoms with E-state index in [0.29, 0.717) is 16.5 Å². The van der Waals surface area contributed by atoms with Crippen molar-refractivity contribution in [2.75, 3.05) is 25.6 Å². The lowest BCUT2D eigenvalue weighted by Gasteiger charge is -2.20. The van der Waals surface area contributed by atoms with Gasteiger partial charge in [0.2, 0.25) is 0 Å². The van der Waals surface area contributed by atoms with Crippen molar-refractivity contribution in [1.82, 2.24) is 5.32 Å². The Morgan fingerprint density at radius 2 is 2.32 bits per heavy atom. The van der Waals surface area contributed by atoms with Crippen molar-refractivity contribution in [3.63, 3.8) is 0 Å². The molecular weight excluding hydrogens is 264 g/mol. The van der Waals surface area contributed by atoms with Gasteiger partial charge < -0.3 is 15.4 Å². The van der Waals surface area contributed by atoms with E-state index in [0.717, 1.165) is 25.3 Å². The summed E-state index contributed by atoms with van der Waals surface area (Å²) in [6.07, 6.45) is 0.996. The molecule has 19 heavy (non-hydrogen) atoms. The average Bonchev–Trinajstić information content (AvgIpc) is 2.92. The van der Waals surface area contributed by atoms with Gasteiger partial charge in [0.05, 0.1) is 12.2 Å². The summed E-state index contributed by atoms with van der Waals surface area (Å²) in [6.45, 7) is 3.51. The van der Waals surface area contributed by atoms with E-state index in [1.54, 1.807) is 25.2 Å². The maximum absolute atomic E-state index is 12.3. The summed E-state index contributed by atoms with van der Waals surface area (Å²) in [5.74, 6) is 0.285. The van der Waals surface area contributed by atoms with Gasteiger partial charge in [0, 0.05) is 36.3 Å². The molecule has 0 radical (unpaired) electrons. The van der Waals surface area contributed by atoms with Crippen molar-refractivity contribution in [3.8, 4) is 0 Å². The SMILES string of the molecule is CNc1ccc(Cl)cc1C(=O)NC(C)C1CCOC1. The van der Waals surface area contributed by atoms with E-state index in [-0.39, 0.29) is 11.9 Å². The third-order valence-corrected chi connectivity index (χ3v) is 3.76. The number of rotatable bonds is 4. The van der Waals surface area contributed by atoms with Crippen molar-refractivity contribution >= 4 is 23.2 Å². The number of amides is 1. The number of carbonyl (C=O) groups is 1. The molecule has 1 aliphatic heterocycles. The monoisotopic (exact) mass is 282 g/mol. The molecule has 4 nitrogen and oxygen atoms in total. The molecule has 1 aromatic rings. The number of hydrogen-bond acceptors (Lipinski definition) is 3. The predicted molar refractivity (Wildman–Crippen MR) is 76.9 cm³/mol. The molecule has 2 atom stereocenters. The topological polar surface area (TPSA) is 50.4 Å². The lowest BCUT2D eigenvalue weighted by atomic mass is 10.0. The summed E-state index contributed by atoms with van der Waals surface area (Å²) in [5.41, 5.74) is 1.34. The van der Waals surface area contributed by atoms with Crippen molar-refractivity contribution in [2.45, 2.75) is 19.4 Å². The van der Waals surface area contributed by atoms with Crippen LogP contribution in [-0.4, -0.2) is 32.2 Å². The zero-order valence-electron chi connectivity index (χ0n) is 11.2. The van der Waals surface area contributed by atoms with Crippen molar-refractivity contribution in [1.29, 1.82) is 0 Å². The van der Waals surface area contributed by atoms with E-state index in [1.165, 1.54) is 0 Å². The van der Waals surface area contributed by atoms with Gasteiger partial charge in [0.1, 0.15) is 0 Å². The van der Waals surface area contributed by atoms with E-state index >= 15 is 0 Å². The second kappa shape index (κ2) is 6.26. The number of hydrogen-bond donors (Lipinski definition) is 2. The summed E-state index contributed by atoms with van der Waals surface area (Å²) in [5, 5.41) is 6.58. The van der Waals surface area contributed by atoms with Gasteiger partial charge in [-0.25, -0.2) is 0 Å². The van der Waals surface area contributed by atoms with Gasteiger partial charge in [-0.05, 0) is 31.5 Å². The van der Waals surface area contributed by atoms with Crippen LogP contribution in [0.2, 0.25) is 5.02 Å². The molecule has 0 saturated carbocycles. The molecule has 0 aliphatic carbocycles. The zero-order valence-corrected chi connectivity index (χ0v) is 12.0. The lowest BCUT2D eigenvalue weighted by molar-refractivity contribution is 0.0923. The van der Waals surface area contributed by atoms with Crippen LogP contribution in [0.1, 0.15) is 23.7 Å². The standard InChI is InChI=1S/C14H19ClN2O2/c1-9(10-5-6-19-8-10)17-14(18)12-7-11(15)3-4-13(12)16-2/h3-4,7,9-10,16H,5-6,8H2,1-2H3,(H,17,18).